The van der Waals surface area contributed by atoms with Gasteiger partial charge in [-0.2, -0.15) is 0 Å². The van der Waals surface area contributed by atoms with Gasteiger partial charge in [-0.3, -0.25) is 19.5 Å². The lowest BCUT2D eigenvalue weighted by Gasteiger charge is -2.42. The molecule has 3 heterocycles. The van der Waals surface area contributed by atoms with Crippen LogP contribution in [0.15, 0.2) is 24.5 Å². The third-order valence-corrected chi connectivity index (χ3v) is 6.09. The standard InChI is InChI=1S/C22H34N4O2/c1-2-3-8-21(27)25-13-9-20(10-14-25)26-12-5-7-19(17-26)22(28)24-16-18-6-4-11-23-15-18/h4,6,11,15,19-20H,2-3,5,7-10,12-14,16-17H2,1H3,(H,24,28)/t19-/m1/s1. The Morgan fingerprint density at radius 2 is 2.04 bits per heavy atom. The SMILES string of the molecule is CCCCC(=O)N1CCC(N2CCC[C@@H](C(=O)NCc3cccnc3)C2)CC1. The first-order valence-electron chi connectivity index (χ1n) is 10.9. The van der Waals surface area contributed by atoms with Crippen LogP contribution in [0.25, 0.3) is 0 Å². The Balaban J connectivity index is 1.43. The second-order valence-corrected chi connectivity index (χ2v) is 8.13. The molecule has 0 radical (unpaired) electrons. The number of amides is 2. The number of rotatable bonds is 7. The molecule has 1 atom stereocenters. The van der Waals surface area contributed by atoms with E-state index in [1.165, 1.54) is 0 Å². The highest BCUT2D eigenvalue weighted by molar-refractivity contribution is 5.79. The quantitative estimate of drug-likeness (QED) is 0.782. The number of pyridine rings is 1. The summed E-state index contributed by atoms with van der Waals surface area (Å²) in [7, 11) is 0. The molecule has 0 aliphatic carbocycles. The van der Waals surface area contributed by atoms with Gasteiger partial charge < -0.3 is 10.2 Å². The van der Waals surface area contributed by atoms with Crippen molar-refractivity contribution in [2.24, 2.45) is 5.92 Å². The minimum Gasteiger partial charge on any atom is -0.352 e. The molecule has 1 aromatic rings. The summed E-state index contributed by atoms with van der Waals surface area (Å²) in [6.07, 6.45) is 10.4. The molecular formula is C22H34N4O2. The van der Waals surface area contributed by atoms with E-state index < -0.39 is 0 Å². The molecule has 1 N–H and O–H groups in total. The number of carbonyl (C=O) groups is 2. The number of likely N-dealkylation sites (tertiary alicyclic amines) is 2. The van der Waals surface area contributed by atoms with E-state index in [2.05, 4.69) is 22.1 Å². The number of hydrogen-bond donors (Lipinski definition) is 1. The molecule has 154 valence electrons. The lowest BCUT2D eigenvalue weighted by Crippen LogP contribution is -2.51. The maximum atomic E-state index is 12.6. The topological polar surface area (TPSA) is 65.5 Å². The summed E-state index contributed by atoms with van der Waals surface area (Å²) in [6, 6.07) is 4.38. The van der Waals surface area contributed by atoms with Crippen molar-refractivity contribution in [2.75, 3.05) is 26.2 Å². The fourth-order valence-electron chi connectivity index (χ4n) is 4.35. The first kappa shape index (κ1) is 20.8. The van der Waals surface area contributed by atoms with Crippen molar-refractivity contribution in [3.05, 3.63) is 30.1 Å². The Bertz CT molecular complexity index is 629. The van der Waals surface area contributed by atoms with Gasteiger partial charge in [0.25, 0.3) is 0 Å². The molecule has 0 unspecified atom stereocenters. The van der Waals surface area contributed by atoms with E-state index in [0.717, 1.165) is 70.3 Å². The van der Waals surface area contributed by atoms with Gasteiger partial charge in [-0.25, -0.2) is 0 Å². The number of piperidine rings is 2. The van der Waals surface area contributed by atoms with E-state index in [4.69, 9.17) is 0 Å². The van der Waals surface area contributed by atoms with E-state index in [1.54, 1.807) is 12.4 Å². The Morgan fingerprint density at radius 3 is 2.75 bits per heavy atom. The third kappa shape index (κ3) is 5.77. The summed E-state index contributed by atoms with van der Waals surface area (Å²) < 4.78 is 0. The fraction of sp³-hybridized carbons (Fsp3) is 0.682. The summed E-state index contributed by atoms with van der Waals surface area (Å²) in [5.41, 5.74) is 1.03. The molecule has 2 fully saturated rings. The molecule has 6 heteroatoms. The molecule has 2 aliphatic heterocycles. The molecule has 1 aromatic heterocycles. The van der Waals surface area contributed by atoms with Gasteiger partial charge in [-0.05, 0) is 50.3 Å². The monoisotopic (exact) mass is 386 g/mol. The van der Waals surface area contributed by atoms with Crippen LogP contribution in [0.4, 0.5) is 0 Å². The zero-order chi connectivity index (χ0) is 19.8. The van der Waals surface area contributed by atoms with Crippen molar-refractivity contribution in [1.82, 2.24) is 20.1 Å². The molecule has 3 rings (SSSR count). The van der Waals surface area contributed by atoms with Gasteiger partial charge in [-0.15, -0.1) is 0 Å². The maximum absolute atomic E-state index is 12.6. The zero-order valence-corrected chi connectivity index (χ0v) is 17.1. The number of hydrogen-bond acceptors (Lipinski definition) is 4. The smallest absolute Gasteiger partial charge is 0.224 e. The molecule has 0 bridgehead atoms. The van der Waals surface area contributed by atoms with Crippen molar-refractivity contribution in [3.63, 3.8) is 0 Å². The van der Waals surface area contributed by atoms with Gasteiger partial charge in [0.2, 0.25) is 11.8 Å². The molecule has 2 saturated heterocycles. The Hall–Kier alpha value is -1.95. The summed E-state index contributed by atoms with van der Waals surface area (Å²) in [5.74, 6) is 0.530. The van der Waals surface area contributed by atoms with Crippen LogP contribution in [0.3, 0.4) is 0 Å². The normalized spacial score (nSPS) is 21.5. The Kier molecular flexibility index (Phi) is 7.83. The molecule has 6 nitrogen and oxygen atoms in total. The van der Waals surface area contributed by atoms with Crippen LogP contribution >= 0.6 is 0 Å². The number of carbonyl (C=O) groups excluding carboxylic acids is 2. The largest absolute Gasteiger partial charge is 0.352 e. The number of unbranched alkanes of at least 4 members (excludes halogenated alkanes) is 1. The van der Waals surface area contributed by atoms with Crippen molar-refractivity contribution in [2.45, 2.75) is 64.5 Å². The Morgan fingerprint density at radius 1 is 1.21 bits per heavy atom. The van der Waals surface area contributed by atoms with E-state index in [-0.39, 0.29) is 11.8 Å². The molecule has 2 aliphatic rings. The van der Waals surface area contributed by atoms with Crippen LogP contribution in [0, 0.1) is 5.92 Å². The van der Waals surface area contributed by atoms with Gasteiger partial charge in [-0.1, -0.05) is 19.4 Å². The molecule has 28 heavy (non-hydrogen) atoms. The van der Waals surface area contributed by atoms with E-state index >= 15 is 0 Å². The molecular weight excluding hydrogens is 352 g/mol. The predicted molar refractivity (Wildman–Crippen MR) is 110 cm³/mol. The van der Waals surface area contributed by atoms with Crippen molar-refractivity contribution >= 4 is 11.8 Å². The summed E-state index contributed by atoms with van der Waals surface area (Å²) >= 11 is 0. The van der Waals surface area contributed by atoms with Crippen LogP contribution in [0.1, 0.15) is 57.4 Å². The maximum Gasteiger partial charge on any atom is 0.224 e. The number of nitrogens with zero attached hydrogens (tertiary/aromatic N) is 3. The first-order valence-corrected chi connectivity index (χ1v) is 10.9. The van der Waals surface area contributed by atoms with Gasteiger partial charge in [0, 0.05) is 51.0 Å². The Labute approximate surface area is 168 Å². The average molecular weight is 387 g/mol. The highest BCUT2D eigenvalue weighted by atomic mass is 16.2. The second kappa shape index (κ2) is 10.6. The lowest BCUT2D eigenvalue weighted by atomic mass is 9.93. The van der Waals surface area contributed by atoms with Crippen LogP contribution in [0.2, 0.25) is 0 Å². The molecule has 2 amide bonds. The van der Waals surface area contributed by atoms with Crippen LogP contribution in [-0.2, 0) is 16.1 Å². The van der Waals surface area contributed by atoms with E-state index in [1.807, 2.05) is 17.0 Å². The second-order valence-electron chi connectivity index (χ2n) is 8.13. The van der Waals surface area contributed by atoms with Gasteiger partial charge in [0.05, 0.1) is 5.92 Å². The van der Waals surface area contributed by atoms with Crippen LogP contribution in [-0.4, -0.2) is 58.8 Å². The minimum absolute atomic E-state index is 0.0645. The average Bonchev–Trinajstić information content (AvgIpc) is 2.76. The predicted octanol–water partition coefficient (Wildman–Crippen LogP) is 2.59. The molecule has 0 spiro atoms. The number of nitrogens with one attached hydrogen (secondary N) is 1. The third-order valence-electron chi connectivity index (χ3n) is 6.09. The van der Waals surface area contributed by atoms with Gasteiger partial charge in [0.15, 0.2) is 0 Å². The minimum atomic E-state index is 0.0645. The van der Waals surface area contributed by atoms with E-state index in [9.17, 15) is 9.59 Å². The molecule has 0 saturated carbocycles. The highest BCUT2D eigenvalue weighted by Gasteiger charge is 2.32. The number of aromatic nitrogens is 1. The van der Waals surface area contributed by atoms with Crippen molar-refractivity contribution < 1.29 is 9.59 Å². The summed E-state index contributed by atoms with van der Waals surface area (Å²) in [6.45, 7) is 6.30. The molecule has 0 aromatic carbocycles. The fourth-order valence-corrected chi connectivity index (χ4v) is 4.35. The van der Waals surface area contributed by atoms with Crippen LogP contribution in [0.5, 0.6) is 0 Å². The lowest BCUT2D eigenvalue weighted by molar-refractivity contribution is -0.133. The zero-order valence-electron chi connectivity index (χ0n) is 17.1. The van der Waals surface area contributed by atoms with E-state index in [0.29, 0.717) is 24.9 Å². The summed E-state index contributed by atoms with van der Waals surface area (Å²) in [5, 5.41) is 3.08. The van der Waals surface area contributed by atoms with Crippen LogP contribution < -0.4 is 5.32 Å². The van der Waals surface area contributed by atoms with Gasteiger partial charge in [0.1, 0.15) is 0 Å². The van der Waals surface area contributed by atoms with Gasteiger partial charge >= 0.3 is 0 Å². The highest BCUT2D eigenvalue weighted by Crippen LogP contribution is 2.24. The van der Waals surface area contributed by atoms with Crippen molar-refractivity contribution in [3.8, 4) is 0 Å². The van der Waals surface area contributed by atoms with Crippen molar-refractivity contribution in [1.29, 1.82) is 0 Å². The summed E-state index contributed by atoms with van der Waals surface area (Å²) in [4.78, 5) is 33.5. The first-order chi connectivity index (χ1) is 13.7.